The number of hydrogen-bond donors (Lipinski definition) is 1. The summed E-state index contributed by atoms with van der Waals surface area (Å²) in [4.78, 5) is 5.34. The first-order chi connectivity index (χ1) is 6.70. The van der Waals surface area contributed by atoms with Crippen LogP contribution in [0.4, 0.5) is 0 Å². The summed E-state index contributed by atoms with van der Waals surface area (Å²) in [5.41, 5.74) is 5.72. The summed E-state index contributed by atoms with van der Waals surface area (Å²) in [6.45, 7) is 4.15. The lowest BCUT2D eigenvalue weighted by Crippen LogP contribution is -2.20. The molecule has 2 N–H and O–H groups in total. The van der Waals surface area contributed by atoms with Gasteiger partial charge in [0.15, 0.2) is 0 Å². The molecular formula is C11H18N2S. The zero-order valence-electron chi connectivity index (χ0n) is 8.86. The Labute approximate surface area is 89.7 Å². The van der Waals surface area contributed by atoms with Crippen LogP contribution in [0.25, 0.3) is 0 Å². The van der Waals surface area contributed by atoms with E-state index < -0.39 is 0 Å². The molecule has 1 aromatic heterocycles. The van der Waals surface area contributed by atoms with Crippen LogP contribution >= 0.6 is 11.3 Å². The lowest BCUT2D eigenvalue weighted by Gasteiger charge is -2.17. The fraction of sp³-hybridized carbons (Fsp3) is 0.636. The minimum absolute atomic E-state index is 0.613. The average molecular weight is 210 g/mol. The van der Waals surface area contributed by atoms with Crippen LogP contribution in [0.2, 0.25) is 0 Å². The van der Waals surface area contributed by atoms with Gasteiger partial charge in [-0.15, -0.1) is 11.3 Å². The summed E-state index contributed by atoms with van der Waals surface area (Å²) in [6, 6.07) is 5.09. The van der Waals surface area contributed by atoms with E-state index in [9.17, 15) is 0 Å². The second kappa shape index (κ2) is 4.01. The van der Waals surface area contributed by atoms with Gasteiger partial charge < -0.3 is 5.73 Å². The molecular weight excluding hydrogens is 192 g/mol. The highest BCUT2D eigenvalue weighted by molar-refractivity contribution is 7.12. The van der Waals surface area contributed by atoms with Crippen molar-refractivity contribution in [1.82, 2.24) is 4.90 Å². The first-order valence-corrected chi connectivity index (χ1v) is 5.99. The molecule has 2 atom stereocenters. The monoisotopic (exact) mass is 210 g/mol. The van der Waals surface area contributed by atoms with Gasteiger partial charge in [0, 0.05) is 22.3 Å². The lowest BCUT2D eigenvalue weighted by molar-refractivity contribution is 0.317. The van der Waals surface area contributed by atoms with E-state index in [1.54, 1.807) is 0 Å². The highest BCUT2D eigenvalue weighted by atomic mass is 32.1. The number of thiophene rings is 1. The van der Waals surface area contributed by atoms with Gasteiger partial charge >= 0.3 is 0 Å². The van der Waals surface area contributed by atoms with Crippen LogP contribution in [-0.4, -0.2) is 25.0 Å². The van der Waals surface area contributed by atoms with Crippen molar-refractivity contribution in [3.8, 4) is 0 Å². The van der Waals surface area contributed by atoms with E-state index in [4.69, 9.17) is 5.73 Å². The summed E-state index contributed by atoms with van der Waals surface area (Å²) in [6.07, 6.45) is 1.23. The van der Waals surface area contributed by atoms with Crippen LogP contribution in [0.1, 0.15) is 22.2 Å². The highest BCUT2D eigenvalue weighted by Gasteiger charge is 2.30. The van der Waals surface area contributed by atoms with Gasteiger partial charge in [0.1, 0.15) is 0 Å². The summed E-state index contributed by atoms with van der Waals surface area (Å²) in [5, 5.41) is 0. The van der Waals surface area contributed by atoms with Crippen LogP contribution in [0.3, 0.4) is 0 Å². The Bertz CT molecular complexity index is 308. The maximum absolute atomic E-state index is 5.72. The normalized spacial score (nSPS) is 28.5. The summed E-state index contributed by atoms with van der Waals surface area (Å²) >= 11 is 1.92. The third kappa shape index (κ3) is 1.85. The molecule has 0 bridgehead atoms. The zero-order chi connectivity index (χ0) is 10.1. The van der Waals surface area contributed by atoms with E-state index in [1.165, 1.54) is 16.2 Å². The van der Waals surface area contributed by atoms with Gasteiger partial charge in [0.25, 0.3) is 0 Å². The molecule has 0 aromatic carbocycles. The predicted octanol–water partition coefficient (Wildman–Crippen LogP) is 2.01. The van der Waals surface area contributed by atoms with Gasteiger partial charge in [-0.1, -0.05) is 0 Å². The van der Waals surface area contributed by atoms with Crippen molar-refractivity contribution in [1.29, 1.82) is 0 Å². The van der Waals surface area contributed by atoms with Crippen molar-refractivity contribution in [2.75, 3.05) is 20.1 Å². The molecule has 2 unspecified atom stereocenters. The van der Waals surface area contributed by atoms with Gasteiger partial charge in [-0.25, -0.2) is 0 Å². The lowest BCUT2D eigenvalue weighted by atomic mass is 10.1. The van der Waals surface area contributed by atoms with E-state index in [2.05, 4.69) is 31.0 Å². The van der Waals surface area contributed by atoms with Gasteiger partial charge in [-0.2, -0.15) is 0 Å². The standard InChI is InChI=1S/C11H18N2S/c1-8-3-4-11(14-8)10-5-9(6-12)7-13(10)2/h3-4,9-10H,5-7,12H2,1-2H3. The van der Waals surface area contributed by atoms with Crippen molar-refractivity contribution < 1.29 is 0 Å². The Morgan fingerprint density at radius 3 is 2.86 bits per heavy atom. The van der Waals surface area contributed by atoms with Gasteiger partial charge in [-0.3, -0.25) is 4.90 Å². The molecule has 0 radical (unpaired) electrons. The van der Waals surface area contributed by atoms with Crippen LogP contribution < -0.4 is 5.73 Å². The Kier molecular flexibility index (Phi) is 2.91. The van der Waals surface area contributed by atoms with E-state index in [0.717, 1.165) is 13.1 Å². The van der Waals surface area contributed by atoms with Crippen molar-refractivity contribution in [3.63, 3.8) is 0 Å². The van der Waals surface area contributed by atoms with Gasteiger partial charge in [0.2, 0.25) is 0 Å². The molecule has 0 spiro atoms. The van der Waals surface area contributed by atoms with E-state index >= 15 is 0 Å². The first-order valence-electron chi connectivity index (χ1n) is 5.17. The molecule has 1 fully saturated rings. The number of likely N-dealkylation sites (tertiary alicyclic amines) is 1. The predicted molar refractivity (Wildman–Crippen MR) is 61.6 cm³/mol. The van der Waals surface area contributed by atoms with Crippen molar-refractivity contribution in [2.45, 2.75) is 19.4 Å². The summed E-state index contributed by atoms with van der Waals surface area (Å²) in [5.74, 6) is 0.687. The van der Waals surface area contributed by atoms with Crippen molar-refractivity contribution >= 4 is 11.3 Å². The van der Waals surface area contributed by atoms with Crippen LogP contribution in [0.5, 0.6) is 0 Å². The number of rotatable bonds is 2. The number of nitrogens with two attached hydrogens (primary N) is 1. The summed E-state index contributed by atoms with van der Waals surface area (Å²) in [7, 11) is 2.20. The molecule has 1 saturated heterocycles. The first kappa shape index (κ1) is 10.1. The van der Waals surface area contributed by atoms with Crippen molar-refractivity contribution in [2.24, 2.45) is 11.7 Å². The maximum atomic E-state index is 5.72. The molecule has 2 rings (SSSR count). The zero-order valence-corrected chi connectivity index (χ0v) is 9.68. The fourth-order valence-corrected chi connectivity index (χ4v) is 3.30. The second-order valence-corrected chi connectivity index (χ2v) is 5.56. The van der Waals surface area contributed by atoms with E-state index in [0.29, 0.717) is 12.0 Å². The van der Waals surface area contributed by atoms with Crippen LogP contribution in [0.15, 0.2) is 12.1 Å². The second-order valence-electron chi connectivity index (χ2n) is 4.24. The van der Waals surface area contributed by atoms with Crippen LogP contribution in [-0.2, 0) is 0 Å². The average Bonchev–Trinajstić information content (AvgIpc) is 2.71. The maximum Gasteiger partial charge on any atom is 0.0442 e. The van der Waals surface area contributed by atoms with Gasteiger partial charge in [-0.05, 0) is 45.0 Å². The Hall–Kier alpha value is -0.380. The quantitative estimate of drug-likeness (QED) is 0.809. The SMILES string of the molecule is Cc1ccc(C2CC(CN)CN2C)s1. The molecule has 14 heavy (non-hydrogen) atoms. The number of nitrogens with zero attached hydrogens (tertiary/aromatic N) is 1. The minimum Gasteiger partial charge on any atom is -0.330 e. The number of aryl methyl sites for hydroxylation is 1. The third-order valence-electron chi connectivity index (χ3n) is 3.06. The van der Waals surface area contributed by atoms with Crippen molar-refractivity contribution in [3.05, 3.63) is 21.9 Å². The molecule has 78 valence electrons. The third-order valence-corrected chi connectivity index (χ3v) is 4.16. The molecule has 2 heterocycles. The summed E-state index contributed by atoms with van der Waals surface area (Å²) < 4.78 is 0. The Balaban J connectivity index is 2.12. The molecule has 3 heteroatoms. The molecule has 0 saturated carbocycles. The smallest absolute Gasteiger partial charge is 0.0442 e. The Morgan fingerprint density at radius 2 is 2.36 bits per heavy atom. The molecule has 1 aliphatic heterocycles. The van der Waals surface area contributed by atoms with Gasteiger partial charge in [0.05, 0.1) is 0 Å². The molecule has 1 aromatic rings. The topological polar surface area (TPSA) is 29.3 Å². The molecule has 2 nitrogen and oxygen atoms in total. The fourth-order valence-electron chi connectivity index (χ4n) is 2.24. The minimum atomic E-state index is 0.613. The molecule has 0 aliphatic carbocycles. The molecule has 1 aliphatic rings. The number of hydrogen-bond acceptors (Lipinski definition) is 3. The van der Waals surface area contributed by atoms with E-state index in [-0.39, 0.29) is 0 Å². The largest absolute Gasteiger partial charge is 0.330 e. The molecule has 0 amide bonds. The van der Waals surface area contributed by atoms with Crippen LogP contribution in [0, 0.1) is 12.8 Å². The highest BCUT2D eigenvalue weighted by Crippen LogP contribution is 2.36. The Morgan fingerprint density at radius 1 is 1.57 bits per heavy atom. The van der Waals surface area contributed by atoms with E-state index in [1.807, 2.05) is 11.3 Å².